The van der Waals surface area contributed by atoms with Crippen LogP contribution in [0.5, 0.6) is 0 Å². The Morgan fingerprint density at radius 2 is 2.17 bits per heavy atom. The molecule has 0 saturated heterocycles. The maximum absolute atomic E-state index is 13.5. The van der Waals surface area contributed by atoms with Crippen molar-refractivity contribution in [2.75, 3.05) is 6.54 Å². The van der Waals surface area contributed by atoms with Crippen molar-refractivity contribution in [3.05, 3.63) is 50.7 Å². The molecule has 0 unspecified atom stereocenters. The first-order chi connectivity index (χ1) is 11.1. The summed E-state index contributed by atoms with van der Waals surface area (Å²) in [6.07, 6.45) is 6.55. The van der Waals surface area contributed by atoms with Gasteiger partial charge in [0.05, 0.1) is 10.7 Å². The van der Waals surface area contributed by atoms with E-state index in [0.29, 0.717) is 17.7 Å². The number of carbonyl (C=O) groups excluding carboxylic acids is 1. The maximum atomic E-state index is 13.5. The van der Waals surface area contributed by atoms with Crippen molar-refractivity contribution in [2.24, 2.45) is 0 Å². The lowest BCUT2D eigenvalue weighted by atomic mass is 10.0. The van der Waals surface area contributed by atoms with Gasteiger partial charge in [-0.15, -0.1) is 11.3 Å². The predicted octanol–water partition coefficient (Wildman–Crippen LogP) is 3.83. The summed E-state index contributed by atoms with van der Waals surface area (Å²) in [4.78, 5) is 18.1. The lowest BCUT2D eigenvalue weighted by Crippen LogP contribution is -2.24. The molecule has 0 radical (unpaired) electrons. The number of carbonyl (C=O) groups is 1. The van der Waals surface area contributed by atoms with Crippen LogP contribution in [0, 0.1) is 12.7 Å². The van der Waals surface area contributed by atoms with Crippen molar-refractivity contribution in [3.8, 4) is 0 Å². The van der Waals surface area contributed by atoms with Crippen molar-refractivity contribution >= 4 is 17.2 Å². The fourth-order valence-electron chi connectivity index (χ4n) is 2.79. The lowest BCUT2D eigenvalue weighted by molar-refractivity contribution is 0.0952. The first kappa shape index (κ1) is 16.1. The molecule has 1 N–H and O–H groups in total. The summed E-state index contributed by atoms with van der Waals surface area (Å²) in [7, 11) is 0. The molecule has 2 aromatic rings. The summed E-state index contributed by atoms with van der Waals surface area (Å²) >= 11 is 1.82. The van der Waals surface area contributed by atoms with E-state index in [-0.39, 0.29) is 11.7 Å². The molecular formula is C18H21FN2OS. The van der Waals surface area contributed by atoms with Gasteiger partial charge in [0.2, 0.25) is 0 Å². The normalized spacial score (nSPS) is 13.7. The molecule has 1 aliphatic carbocycles. The predicted molar refractivity (Wildman–Crippen MR) is 90.5 cm³/mol. The third-order valence-corrected chi connectivity index (χ3v) is 5.39. The van der Waals surface area contributed by atoms with Gasteiger partial charge in [0.25, 0.3) is 5.91 Å². The molecule has 1 heterocycles. The summed E-state index contributed by atoms with van der Waals surface area (Å²) < 4.78 is 13.5. The molecule has 1 aromatic heterocycles. The van der Waals surface area contributed by atoms with Crippen LogP contribution < -0.4 is 5.32 Å². The van der Waals surface area contributed by atoms with Crippen LogP contribution in [0.25, 0.3) is 0 Å². The van der Waals surface area contributed by atoms with E-state index in [4.69, 9.17) is 4.98 Å². The van der Waals surface area contributed by atoms with Gasteiger partial charge in [0.15, 0.2) is 0 Å². The highest BCUT2D eigenvalue weighted by Gasteiger charge is 2.14. The number of hydrogen-bond acceptors (Lipinski definition) is 3. The Labute approximate surface area is 140 Å². The Morgan fingerprint density at radius 1 is 1.35 bits per heavy atom. The van der Waals surface area contributed by atoms with E-state index in [0.717, 1.165) is 19.3 Å². The summed E-state index contributed by atoms with van der Waals surface area (Å²) in [5.74, 6) is -0.562. The zero-order valence-corrected chi connectivity index (χ0v) is 14.1. The topological polar surface area (TPSA) is 42.0 Å². The van der Waals surface area contributed by atoms with Crippen LogP contribution in [0.1, 0.15) is 50.8 Å². The molecule has 3 rings (SSSR count). The van der Waals surface area contributed by atoms with Crippen LogP contribution in [0.3, 0.4) is 0 Å². The molecular weight excluding hydrogens is 311 g/mol. The zero-order valence-electron chi connectivity index (χ0n) is 13.3. The highest BCUT2D eigenvalue weighted by Crippen LogP contribution is 2.27. The SMILES string of the molecule is Cc1ccc(C(=O)NCCCc2nc3c(s2)CCCC3)cc1F. The monoisotopic (exact) mass is 332 g/mol. The van der Waals surface area contributed by atoms with Gasteiger partial charge in [0, 0.05) is 23.4 Å². The average molecular weight is 332 g/mol. The van der Waals surface area contributed by atoms with Crippen LogP contribution in [0.4, 0.5) is 4.39 Å². The van der Waals surface area contributed by atoms with Crippen LogP contribution in [0.15, 0.2) is 18.2 Å². The minimum absolute atomic E-state index is 0.220. The highest BCUT2D eigenvalue weighted by atomic mass is 32.1. The number of aromatic nitrogens is 1. The number of nitrogens with zero attached hydrogens (tertiary/aromatic N) is 1. The Morgan fingerprint density at radius 3 is 2.96 bits per heavy atom. The van der Waals surface area contributed by atoms with Crippen LogP contribution in [-0.4, -0.2) is 17.4 Å². The largest absolute Gasteiger partial charge is 0.352 e. The molecule has 1 aliphatic rings. The number of halogens is 1. The van der Waals surface area contributed by atoms with E-state index in [9.17, 15) is 9.18 Å². The number of aryl methyl sites for hydroxylation is 4. The third kappa shape index (κ3) is 3.96. The number of amides is 1. The van der Waals surface area contributed by atoms with Crippen LogP contribution in [-0.2, 0) is 19.3 Å². The maximum Gasteiger partial charge on any atom is 0.251 e. The number of benzene rings is 1. The van der Waals surface area contributed by atoms with Gasteiger partial charge >= 0.3 is 0 Å². The third-order valence-electron chi connectivity index (χ3n) is 4.18. The minimum Gasteiger partial charge on any atom is -0.352 e. The van der Waals surface area contributed by atoms with E-state index in [1.54, 1.807) is 19.1 Å². The van der Waals surface area contributed by atoms with Crippen LogP contribution in [0.2, 0.25) is 0 Å². The quantitative estimate of drug-likeness (QED) is 0.846. The molecule has 0 spiro atoms. The van der Waals surface area contributed by atoms with Crippen molar-refractivity contribution in [2.45, 2.75) is 45.4 Å². The molecule has 0 fully saturated rings. The van der Waals surface area contributed by atoms with E-state index < -0.39 is 0 Å². The van der Waals surface area contributed by atoms with E-state index in [1.165, 1.54) is 40.9 Å². The molecule has 0 bridgehead atoms. The molecule has 23 heavy (non-hydrogen) atoms. The number of hydrogen-bond donors (Lipinski definition) is 1. The van der Waals surface area contributed by atoms with Gasteiger partial charge in [-0.1, -0.05) is 6.07 Å². The lowest BCUT2D eigenvalue weighted by Gasteiger charge is -2.06. The second-order valence-corrected chi connectivity index (χ2v) is 7.18. The Bertz CT molecular complexity index is 688. The number of thiazole rings is 1. The first-order valence-electron chi connectivity index (χ1n) is 8.15. The first-order valence-corrected chi connectivity index (χ1v) is 8.97. The summed E-state index contributed by atoms with van der Waals surface area (Å²) in [5.41, 5.74) is 2.21. The Hall–Kier alpha value is -1.75. The molecule has 0 aliphatic heterocycles. The Balaban J connectivity index is 1.46. The summed E-state index contributed by atoms with van der Waals surface area (Å²) in [6, 6.07) is 4.58. The molecule has 0 saturated carbocycles. The van der Waals surface area contributed by atoms with E-state index in [1.807, 2.05) is 11.3 Å². The van der Waals surface area contributed by atoms with Gasteiger partial charge in [-0.3, -0.25) is 4.79 Å². The van der Waals surface area contributed by atoms with Gasteiger partial charge < -0.3 is 5.32 Å². The van der Waals surface area contributed by atoms with Gasteiger partial charge in [-0.2, -0.15) is 0 Å². The minimum atomic E-state index is -0.342. The second kappa shape index (κ2) is 7.21. The fraction of sp³-hybridized carbons (Fsp3) is 0.444. The van der Waals surface area contributed by atoms with Crippen molar-refractivity contribution in [3.63, 3.8) is 0 Å². The number of fused-ring (bicyclic) bond motifs is 1. The summed E-state index contributed by atoms with van der Waals surface area (Å²) in [6.45, 7) is 2.27. The molecule has 0 atom stereocenters. The molecule has 1 aromatic carbocycles. The van der Waals surface area contributed by atoms with E-state index >= 15 is 0 Å². The zero-order chi connectivity index (χ0) is 16.2. The van der Waals surface area contributed by atoms with Gasteiger partial charge in [0.1, 0.15) is 5.82 Å². The second-order valence-electron chi connectivity index (χ2n) is 6.01. The van der Waals surface area contributed by atoms with Crippen molar-refractivity contribution < 1.29 is 9.18 Å². The van der Waals surface area contributed by atoms with Crippen molar-refractivity contribution in [1.29, 1.82) is 0 Å². The highest BCUT2D eigenvalue weighted by molar-refractivity contribution is 7.11. The molecule has 3 nitrogen and oxygen atoms in total. The molecule has 122 valence electrons. The smallest absolute Gasteiger partial charge is 0.251 e. The van der Waals surface area contributed by atoms with Gasteiger partial charge in [-0.05, 0) is 56.7 Å². The Kier molecular flexibility index (Phi) is 5.06. The van der Waals surface area contributed by atoms with E-state index in [2.05, 4.69) is 5.32 Å². The standard InChI is InChI=1S/C18H21FN2OS/c1-12-8-9-13(11-14(12)19)18(22)20-10-4-7-17-21-15-5-2-3-6-16(15)23-17/h8-9,11H,2-7,10H2,1H3,(H,20,22). The van der Waals surface area contributed by atoms with Gasteiger partial charge in [-0.25, -0.2) is 9.37 Å². The van der Waals surface area contributed by atoms with Crippen LogP contribution >= 0.6 is 11.3 Å². The average Bonchev–Trinajstić information content (AvgIpc) is 2.96. The molecule has 1 amide bonds. The number of nitrogens with one attached hydrogen (secondary N) is 1. The fourth-order valence-corrected chi connectivity index (χ4v) is 3.99. The summed E-state index contributed by atoms with van der Waals surface area (Å²) in [5, 5.41) is 4.02. The van der Waals surface area contributed by atoms with Crippen molar-refractivity contribution in [1.82, 2.24) is 10.3 Å². The number of rotatable bonds is 5. The molecule has 5 heteroatoms.